The van der Waals surface area contributed by atoms with Crippen LogP contribution in [0.2, 0.25) is 0 Å². The van der Waals surface area contributed by atoms with Crippen LogP contribution < -0.4 is 9.47 Å². The maximum Gasteiger partial charge on any atom is 0.161 e. The molecule has 1 N–H and O–H groups in total. The lowest BCUT2D eigenvalue weighted by Gasteiger charge is -2.18. The third kappa shape index (κ3) is 4.74. The lowest BCUT2D eigenvalue weighted by atomic mass is 9.99. The Morgan fingerprint density at radius 3 is 2.70 bits per heavy atom. The molecule has 0 radical (unpaired) electrons. The molecule has 0 saturated carbocycles. The summed E-state index contributed by atoms with van der Waals surface area (Å²) in [5, 5.41) is 11.8. The first-order chi connectivity index (χ1) is 14.5. The Balaban J connectivity index is 1.41. The van der Waals surface area contributed by atoms with Crippen molar-refractivity contribution in [1.82, 2.24) is 9.88 Å². The average molecular weight is 407 g/mol. The van der Waals surface area contributed by atoms with Gasteiger partial charge < -0.3 is 14.6 Å². The Morgan fingerprint density at radius 2 is 1.90 bits per heavy atom. The highest BCUT2D eigenvalue weighted by Crippen LogP contribution is 2.30. The number of hydrogen-bond acceptors (Lipinski definition) is 5. The fourth-order valence-electron chi connectivity index (χ4n) is 4.18. The predicted octanol–water partition coefficient (Wildman–Crippen LogP) is 4.07. The largest absolute Gasteiger partial charge is 0.493 e. The maximum atomic E-state index is 10.6. The standard InChI is InChI=1S/C25H30N2O3/c1-17(2)30-24-11-8-18(12-25(24)29-3)14-27-15-20(23(28)16-27)13-21-10-9-19-6-4-5-7-22(19)26-21/h4-12,17,20,23,28H,13-16H2,1-3H3/t20-,23-/m1/s1. The lowest BCUT2D eigenvalue weighted by molar-refractivity contribution is 0.140. The van der Waals surface area contributed by atoms with Gasteiger partial charge in [-0.3, -0.25) is 9.88 Å². The molecule has 0 spiro atoms. The minimum absolute atomic E-state index is 0.1000. The summed E-state index contributed by atoms with van der Waals surface area (Å²) in [7, 11) is 1.67. The first kappa shape index (κ1) is 20.6. The topological polar surface area (TPSA) is 54.8 Å². The third-order valence-corrected chi connectivity index (χ3v) is 5.61. The number of benzene rings is 2. The van der Waals surface area contributed by atoms with Gasteiger partial charge in [0.15, 0.2) is 11.5 Å². The number of β-amino-alcohol motifs (C(OH)–C–C–N with tert-alkyl or cyclic N) is 1. The van der Waals surface area contributed by atoms with Gasteiger partial charge in [0.2, 0.25) is 0 Å². The van der Waals surface area contributed by atoms with Crippen LogP contribution in [0, 0.1) is 5.92 Å². The number of pyridine rings is 1. The van der Waals surface area contributed by atoms with Crippen LogP contribution in [0.5, 0.6) is 11.5 Å². The summed E-state index contributed by atoms with van der Waals surface area (Å²) in [5.41, 5.74) is 3.20. The van der Waals surface area contributed by atoms with Gasteiger partial charge in [-0.2, -0.15) is 0 Å². The van der Waals surface area contributed by atoms with Gasteiger partial charge >= 0.3 is 0 Å². The van der Waals surface area contributed by atoms with Crippen LogP contribution in [0.25, 0.3) is 10.9 Å². The molecule has 3 aromatic rings. The van der Waals surface area contributed by atoms with Crippen LogP contribution >= 0.6 is 0 Å². The Morgan fingerprint density at radius 1 is 1.07 bits per heavy atom. The summed E-state index contributed by atoms with van der Waals surface area (Å²) in [4.78, 5) is 7.08. The predicted molar refractivity (Wildman–Crippen MR) is 119 cm³/mol. The highest BCUT2D eigenvalue weighted by molar-refractivity contribution is 5.78. The first-order valence-electron chi connectivity index (χ1n) is 10.6. The molecule has 0 unspecified atom stereocenters. The molecule has 2 heterocycles. The zero-order valence-corrected chi connectivity index (χ0v) is 17.9. The number of fused-ring (bicyclic) bond motifs is 1. The van der Waals surface area contributed by atoms with Crippen LogP contribution in [0.4, 0.5) is 0 Å². The van der Waals surface area contributed by atoms with E-state index >= 15 is 0 Å². The summed E-state index contributed by atoms with van der Waals surface area (Å²) in [5.74, 6) is 1.69. The molecule has 5 heteroatoms. The normalized spacial score (nSPS) is 19.5. The molecule has 0 bridgehead atoms. The van der Waals surface area contributed by atoms with Crippen molar-refractivity contribution in [3.8, 4) is 11.5 Å². The molecule has 158 valence electrons. The number of likely N-dealkylation sites (tertiary alicyclic amines) is 1. The summed E-state index contributed by atoms with van der Waals surface area (Å²) < 4.78 is 11.3. The molecule has 0 amide bonds. The smallest absolute Gasteiger partial charge is 0.161 e. The number of methoxy groups -OCH3 is 1. The first-order valence-corrected chi connectivity index (χ1v) is 10.6. The SMILES string of the molecule is COc1cc(CN2C[C@@H](Cc3ccc4ccccc4n3)[C@H](O)C2)ccc1OC(C)C. The van der Waals surface area contributed by atoms with E-state index in [1.807, 2.05) is 44.2 Å². The van der Waals surface area contributed by atoms with E-state index in [0.717, 1.165) is 53.2 Å². The van der Waals surface area contributed by atoms with Crippen molar-refractivity contribution in [1.29, 1.82) is 0 Å². The van der Waals surface area contributed by atoms with Gasteiger partial charge in [0.25, 0.3) is 0 Å². The summed E-state index contributed by atoms with van der Waals surface area (Å²) in [6.07, 6.45) is 0.541. The van der Waals surface area contributed by atoms with Crippen LogP contribution in [-0.4, -0.2) is 47.4 Å². The number of aliphatic hydroxyl groups is 1. The average Bonchev–Trinajstić information content (AvgIpc) is 3.07. The number of aliphatic hydroxyl groups excluding tert-OH is 1. The van der Waals surface area contributed by atoms with Crippen molar-refractivity contribution in [3.05, 3.63) is 65.9 Å². The zero-order chi connectivity index (χ0) is 21.1. The summed E-state index contributed by atoms with van der Waals surface area (Å²) in [6, 6.07) is 18.4. The molecular weight excluding hydrogens is 376 g/mol. The molecule has 2 atom stereocenters. The van der Waals surface area contributed by atoms with Crippen molar-refractivity contribution in [2.45, 2.75) is 39.0 Å². The van der Waals surface area contributed by atoms with E-state index in [4.69, 9.17) is 14.5 Å². The van der Waals surface area contributed by atoms with E-state index in [9.17, 15) is 5.11 Å². The number of aromatic nitrogens is 1. The molecule has 1 saturated heterocycles. The van der Waals surface area contributed by atoms with Crippen molar-refractivity contribution < 1.29 is 14.6 Å². The third-order valence-electron chi connectivity index (χ3n) is 5.61. The Kier molecular flexibility index (Phi) is 6.21. The van der Waals surface area contributed by atoms with Gasteiger partial charge in [-0.1, -0.05) is 30.3 Å². The van der Waals surface area contributed by atoms with Gasteiger partial charge in [0.1, 0.15) is 0 Å². The molecule has 1 aromatic heterocycles. The number of para-hydroxylation sites is 1. The monoisotopic (exact) mass is 406 g/mol. The Labute approximate surface area is 178 Å². The van der Waals surface area contributed by atoms with Gasteiger partial charge in [-0.05, 0) is 50.1 Å². The van der Waals surface area contributed by atoms with Crippen molar-refractivity contribution in [3.63, 3.8) is 0 Å². The van der Waals surface area contributed by atoms with Crippen molar-refractivity contribution in [2.24, 2.45) is 5.92 Å². The number of hydrogen-bond donors (Lipinski definition) is 1. The fourth-order valence-corrected chi connectivity index (χ4v) is 4.18. The van der Waals surface area contributed by atoms with Crippen LogP contribution in [-0.2, 0) is 13.0 Å². The second-order valence-electron chi connectivity index (χ2n) is 8.37. The zero-order valence-electron chi connectivity index (χ0n) is 17.9. The second kappa shape index (κ2) is 9.02. The molecule has 1 aliphatic heterocycles. The number of rotatable bonds is 7. The minimum atomic E-state index is -0.344. The highest BCUT2D eigenvalue weighted by atomic mass is 16.5. The lowest BCUT2D eigenvalue weighted by Crippen LogP contribution is -2.21. The maximum absolute atomic E-state index is 10.6. The van der Waals surface area contributed by atoms with E-state index in [-0.39, 0.29) is 18.1 Å². The highest BCUT2D eigenvalue weighted by Gasteiger charge is 2.31. The molecule has 1 fully saturated rings. The summed E-state index contributed by atoms with van der Waals surface area (Å²) >= 11 is 0. The van der Waals surface area contributed by atoms with Crippen LogP contribution in [0.1, 0.15) is 25.1 Å². The van der Waals surface area contributed by atoms with Crippen LogP contribution in [0.3, 0.4) is 0 Å². The van der Waals surface area contributed by atoms with E-state index in [2.05, 4.69) is 29.2 Å². The fraction of sp³-hybridized carbons (Fsp3) is 0.400. The van der Waals surface area contributed by atoms with Crippen molar-refractivity contribution >= 4 is 10.9 Å². The van der Waals surface area contributed by atoms with Gasteiger partial charge in [0, 0.05) is 36.6 Å². The van der Waals surface area contributed by atoms with Gasteiger partial charge in [-0.25, -0.2) is 0 Å². The molecule has 1 aliphatic rings. The molecular formula is C25H30N2O3. The molecule has 4 rings (SSSR count). The van der Waals surface area contributed by atoms with Gasteiger partial charge in [0.05, 0.1) is 24.8 Å². The number of ether oxygens (including phenoxy) is 2. The quantitative estimate of drug-likeness (QED) is 0.641. The summed E-state index contributed by atoms with van der Waals surface area (Å²) in [6.45, 7) is 6.30. The Bertz CT molecular complexity index is 1000. The molecule has 30 heavy (non-hydrogen) atoms. The van der Waals surface area contributed by atoms with Crippen molar-refractivity contribution in [2.75, 3.05) is 20.2 Å². The Hall–Kier alpha value is -2.63. The number of nitrogens with zero attached hydrogens (tertiary/aromatic N) is 2. The minimum Gasteiger partial charge on any atom is -0.493 e. The molecule has 0 aliphatic carbocycles. The molecule has 2 aromatic carbocycles. The van der Waals surface area contributed by atoms with E-state index in [1.165, 1.54) is 0 Å². The molecule has 5 nitrogen and oxygen atoms in total. The van der Waals surface area contributed by atoms with E-state index < -0.39 is 0 Å². The van der Waals surface area contributed by atoms with Crippen LogP contribution in [0.15, 0.2) is 54.6 Å². The van der Waals surface area contributed by atoms with E-state index in [1.54, 1.807) is 7.11 Å². The van der Waals surface area contributed by atoms with Gasteiger partial charge in [-0.15, -0.1) is 0 Å². The van der Waals surface area contributed by atoms with E-state index in [0.29, 0.717) is 6.54 Å². The second-order valence-corrected chi connectivity index (χ2v) is 8.37.